The lowest BCUT2D eigenvalue weighted by Crippen LogP contribution is -1.97. The Morgan fingerprint density at radius 2 is 0.970 bits per heavy atom. The predicted octanol–water partition coefficient (Wildman–Crippen LogP) is 9.05. The van der Waals surface area contributed by atoms with Crippen LogP contribution in [-0.2, 0) is 10.1 Å². The maximum atomic E-state index is 10.4. The van der Waals surface area contributed by atoms with Gasteiger partial charge in [0, 0.05) is 27.3 Å². The minimum absolute atomic E-state index is 0.178. The summed E-state index contributed by atoms with van der Waals surface area (Å²) in [5.41, 5.74) is 0.928. The van der Waals surface area contributed by atoms with Crippen molar-refractivity contribution in [2.75, 3.05) is 26.2 Å². The first-order valence-electron chi connectivity index (χ1n) is 13.4. The van der Waals surface area contributed by atoms with Gasteiger partial charge in [-0.05, 0) is 31.9 Å². The van der Waals surface area contributed by atoms with Crippen LogP contribution < -0.4 is 0 Å². The van der Waals surface area contributed by atoms with Crippen molar-refractivity contribution in [2.45, 2.75) is 121 Å². The van der Waals surface area contributed by atoms with E-state index in [2.05, 4.69) is 26.9 Å². The van der Waals surface area contributed by atoms with Crippen LogP contribution in [0.1, 0.15) is 115 Å². The van der Waals surface area contributed by atoms with Crippen molar-refractivity contribution >= 4 is 17.4 Å². The van der Waals surface area contributed by atoms with Crippen molar-refractivity contribution in [3.63, 3.8) is 0 Å². The van der Waals surface area contributed by atoms with Crippen molar-refractivity contribution < 1.29 is 13.0 Å². The highest BCUT2D eigenvalue weighted by Crippen LogP contribution is 2.47. The summed E-state index contributed by atoms with van der Waals surface area (Å²) in [6.07, 6.45) is 25.1. The van der Waals surface area contributed by atoms with E-state index in [0.717, 1.165) is 5.56 Å². The maximum Gasteiger partial charge on any atom is 0.124 e. The average Bonchev–Trinajstić information content (AvgIpc) is 2.73. The second-order valence-corrected chi connectivity index (χ2v) is 17.0. The molecule has 0 aliphatic heterocycles. The maximum absolute atomic E-state index is 10.4. The third-order valence-corrected chi connectivity index (χ3v) is 8.50. The molecular formula is C28H53O3PS. The van der Waals surface area contributed by atoms with E-state index in [-0.39, 0.29) is 4.90 Å². The molecule has 0 atom stereocenters. The van der Waals surface area contributed by atoms with E-state index >= 15 is 0 Å². The Morgan fingerprint density at radius 1 is 0.636 bits per heavy atom. The molecule has 0 aromatic heterocycles. The largest absolute Gasteiger partial charge is 0.744 e. The molecule has 0 N–H and O–H groups in total. The lowest BCUT2D eigenvalue weighted by Gasteiger charge is -2.10. The van der Waals surface area contributed by atoms with Crippen molar-refractivity contribution in [3.05, 3.63) is 29.8 Å². The molecule has 194 valence electrons. The van der Waals surface area contributed by atoms with Crippen LogP contribution in [0, 0.1) is 6.92 Å². The quantitative estimate of drug-likeness (QED) is 0.115. The first kappa shape index (κ1) is 32.6. The lowest BCUT2D eigenvalue weighted by atomic mass is 10.0. The fourth-order valence-electron chi connectivity index (χ4n) is 3.84. The Kier molecular flexibility index (Phi) is 19.6. The highest BCUT2D eigenvalue weighted by molar-refractivity contribution is 7.85. The number of aryl methyl sites for hydroxylation is 1. The highest BCUT2D eigenvalue weighted by atomic mass is 32.2. The van der Waals surface area contributed by atoms with Crippen molar-refractivity contribution in [2.24, 2.45) is 0 Å². The fourth-order valence-corrected chi connectivity index (χ4v) is 5.48. The van der Waals surface area contributed by atoms with E-state index in [1.165, 1.54) is 121 Å². The minimum atomic E-state index is -4.27. The molecule has 0 saturated carbocycles. The standard InChI is InChI=1S/C21H46P.C7H8O3S/c1-5-6-7-8-9-10-11-12-13-14-15-16-17-18-19-20-21-22(2,3)4;1-6-2-4-7(5-3-6)11(8,9)10/h5-21H2,1-4H3;2-5H,1H3,(H,8,9,10)/q+1;/p-1. The van der Waals surface area contributed by atoms with Crippen LogP contribution in [0.15, 0.2) is 29.2 Å². The van der Waals surface area contributed by atoms with Crippen LogP contribution in [0.25, 0.3) is 0 Å². The summed E-state index contributed by atoms with van der Waals surface area (Å²) in [6, 6.07) is 5.78. The average molecular weight is 501 g/mol. The van der Waals surface area contributed by atoms with Gasteiger partial charge in [-0.1, -0.05) is 115 Å². The van der Waals surface area contributed by atoms with Gasteiger partial charge in [-0.15, -0.1) is 0 Å². The number of benzene rings is 1. The predicted molar refractivity (Wildman–Crippen MR) is 148 cm³/mol. The Labute approximate surface area is 207 Å². The first-order valence-corrected chi connectivity index (χ1v) is 18.1. The van der Waals surface area contributed by atoms with Crippen LogP contribution in [-0.4, -0.2) is 39.1 Å². The van der Waals surface area contributed by atoms with Crippen LogP contribution in [0.5, 0.6) is 0 Å². The van der Waals surface area contributed by atoms with Crippen LogP contribution >= 0.6 is 7.26 Å². The molecule has 0 spiro atoms. The van der Waals surface area contributed by atoms with E-state index in [1.54, 1.807) is 12.1 Å². The summed E-state index contributed by atoms with van der Waals surface area (Å²) in [6.45, 7) is 11.5. The van der Waals surface area contributed by atoms with Crippen LogP contribution in [0.2, 0.25) is 0 Å². The normalized spacial score (nSPS) is 11.8. The molecule has 1 rings (SSSR count). The summed E-state index contributed by atoms with van der Waals surface area (Å²) < 4.78 is 31.2. The van der Waals surface area contributed by atoms with Gasteiger partial charge in [0.2, 0.25) is 0 Å². The summed E-state index contributed by atoms with van der Waals surface area (Å²) in [5, 5.41) is 0. The first-order chi connectivity index (χ1) is 15.6. The van der Waals surface area contributed by atoms with Gasteiger partial charge in [-0.25, -0.2) is 8.42 Å². The zero-order valence-corrected chi connectivity index (χ0v) is 24.1. The fraction of sp³-hybridized carbons (Fsp3) is 0.786. The molecule has 33 heavy (non-hydrogen) atoms. The van der Waals surface area contributed by atoms with Gasteiger partial charge in [0.25, 0.3) is 0 Å². The number of hydrogen-bond acceptors (Lipinski definition) is 3. The molecule has 5 heteroatoms. The lowest BCUT2D eigenvalue weighted by molar-refractivity contribution is 0.463. The molecule has 0 radical (unpaired) electrons. The van der Waals surface area contributed by atoms with E-state index in [9.17, 15) is 13.0 Å². The van der Waals surface area contributed by atoms with E-state index in [1.807, 2.05) is 6.92 Å². The van der Waals surface area contributed by atoms with Gasteiger partial charge in [0.05, 0.1) is 11.1 Å². The molecule has 0 bridgehead atoms. The zero-order valence-electron chi connectivity index (χ0n) is 22.4. The molecule has 0 fully saturated rings. The summed E-state index contributed by atoms with van der Waals surface area (Å²) in [7, 11) is -4.77. The van der Waals surface area contributed by atoms with E-state index < -0.39 is 17.4 Å². The Bertz CT molecular complexity index is 663. The molecule has 0 aliphatic rings. The molecule has 1 aromatic rings. The molecule has 0 amide bonds. The third kappa shape index (κ3) is 23.1. The molecule has 3 nitrogen and oxygen atoms in total. The molecule has 0 unspecified atom stereocenters. The van der Waals surface area contributed by atoms with E-state index in [4.69, 9.17) is 0 Å². The second kappa shape index (κ2) is 19.8. The van der Waals surface area contributed by atoms with Gasteiger partial charge in [-0.2, -0.15) is 0 Å². The van der Waals surface area contributed by atoms with Gasteiger partial charge in [0.1, 0.15) is 10.1 Å². The van der Waals surface area contributed by atoms with Gasteiger partial charge < -0.3 is 4.55 Å². The van der Waals surface area contributed by atoms with Crippen LogP contribution in [0.3, 0.4) is 0 Å². The van der Waals surface area contributed by atoms with Crippen LogP contribution in [0.4, 0.5) is 0 Å². The molecule has 1 aromatic carbocycles. The smallest absolute Gasteiger partial charge is 0.124 e. The van der Waals surface area contributed by atoms with Crippen molar-refractivity contribution in [1.29, 1.82) is 0 Å². The SMILES string of the molecule is CCCCCCCCCCCCCCCCCC[P+](C)(C)C.Cc1ccc(S(=O)(=O)[O-])cc1. The third-order valence-electron chi connectivity index (χ3n) is 5.99. The Balaban J connectivity index is 0.000000771. The molecule has 0 saturated heterocycles. The summed E-state index contributed by atoms with van der Waals surface area (Å²) in [4.78, 5) is -0.178. The van der Waals surface area contributed by atoms with Gasteiger partial charge in [0.15, 0.2) is 0 Å². The summed E-state index contributed by atoms with van der Waals surface area (Å²) >= 11 is 0. The van der Waals surface area contributed by atoms with Crippen molar-refractivity contribution in [3.8, 4) is 0 Å². The van der Waals surface area contributed by atoms with E-state index in [0.29, 0.717) is 0 Å². The van der Waals surface area contributed by atoms with Gasteiger partial charge >= 0.3 is 0 Å². The minimum Gasteiger partial charge on any atom is -0.744 e. The summed E-state index contributed by atoms with van der Waals surface area (Å²) in [5.74, 6) is 0. The Hall–Kier alpha value is -0.440. The molecular weight excluding hydrogens is 447 g/mol. The highest BCUT2D eigenvalue weighted by Gasteiger charge is 2.15. The van der Waals surface area contributed by atoms with Crippen molar-refractivity contribution in [1.82, 2.24) is 0 Å². The Morgan fingerprint density at radius 3 is 1.27 bits per heavy atom. The monoisotopic (exact) mass is 500 g/mol. The molecule has 0 heterocycles. The number of unbranched alkanes of at least 4 members (excludes halogenated alkanes) is 15. The topological polar surface area (TPSA) is 57.2 Å². The second-order valence-electron chi connectivity index (χ2n) is 10.6. The zero-order chi connectivity index (χ0) is 25.0. The van der Waals surface area contributed by atoms with Gasteiger partial charge in [-0.3, -0.25) is 0 Å². The molecule has 0 aliphatic carbocycles. The number of rotatable bonds is 18. The number of hydrogen-bond donors (Lipinski definition) is 0.